The monoisotopic (exact) mass is 323 g/mol. The average Bonchev–Trinajstić information content (AvgIpc) is 2.88. The first kappa shape index (κ1) is 16.5. The molecule has 1 heterocycles. The van der Waals surface area contributed by atoms with Crippen molar-refractivity contribution in [3.63, 3.8) is 0 Å². The van der Waals surface area contributed by atoms with Gasteiger partial charge in [0.25, 0.3) is 0 Å². The molecule has 7 heteroatoms. The Morgan fingerprint density at radius 3 is 2.91 bits per heavy atom. The second-order valence-electron chi connectivity index (χ2n) is 4.61. The van der Waals surface area contributed by atoms with Crippen LogP contribution in [0.1, 0.15) is 18.2 Å². The summed E-state index contributed by atoms with van der Waals surface area (Å²) in [7, 11) is 0. The van der Waals surface area contributed by atoms with Gasteiger partial charge in [-0.1, -0.05) is 30.0 Å². The third-order valence-electron chi connectivity index (χ3n) is 3.05. The molecule has 118 valence electrons. The number of nitrogens with zero attached hydrogens (tertiary/aromatic N) is 2. The summed E-state index contributed by atoms with van der Waals surface area (Å²) in [5.41, 5.74) is 1.13. The van der Waals surface area contributed by atoms with Crippen molar-refractivity contribution in [3.8, 4) is 0 Å². The number of thioether (sulfide) groups is 1. The lowest BCUT2D eigenvalue weighted by Gasteiger charge is -2.10. The molecule has 2 N–H and O–H groups in total. The fraction of sp³-hybridized carbons (Fsp3) is 0.333. The van der Waals surface area contributed by atoms with Crippen LogP contribution in [-0.4, -0.2) is 27.1 Å². The quantitative estimate of drug-likeness (QED) is 0.764. The van der Waals surface area contributed by atoms with E-state index in [0.29, 0.717) is 28.7 Å². The van der Waals surface area contributed by atoms with Crippen molar-refractivity contribution in [2.75, 3.05) is 6.54 Å². The van der Waals surface area contributed by atoms with Crippen molar-refractivity contribution < 1.29 is 14.3 Å². The Kier molecular flexibility index (Phi) is 5.97. The topological polar surface area (TPSA) is 67.2 Å². The van der Waals surface area contributed by atoms with Crippen molar-refractivity contribution in [3.05, 3.63) is 47.5 Å². The lowest BCUT2D eigenvalue weighted by molar-refractivity contribution is -0.121. The summed E-state index contributed by atoms with van der Waals surface area (Å²) >= 11 is 1.33. The van der Waals surface area contributed by atoms with Crippen molar-refractivity contribution in [1.29, 1.82) is 0 Å². The molecule has 0 aliphatic heterocycles. The van der Waals surface area contributed by atoms with Gasteiger partial charge in [-0.25, -0.2) is 9.37 Å². The molecule has 0 radical (unpaired) electrons. The fourth-order valence-corrected chi connectivity index (χ4v) is 2.94. The average molecular weight is 323 g/mol. The van der Waals surface area contributed by atoms with Gasteiger partial charge in [0.05, 0.1) is 18.5 Å². The molecule has 2 aromatic rings. The summed E-state index contributed by atoms with van der Waals surface area (Å²) in [4.78, 5) is 16.0. The summed E-state index contributed by atoms with van der Waals surface area (Å²) in [5, 5.41) is 12.6. The predicted octanol–water partition coefficient (Wildman–Crippen LogP) is 1.94. The van der Waals surface area contributed by atoms with Crippen molar-refractivity contribution in [1.82, 2.24) is 14.9 Å². The lowest BCUT2D eigenvalue weighted by Crippen LogP contribution is -2.28. The Hall–Kier alpha value is -1.86. The molecular formula is C15H18FN3O2S. The molecular weight excluding hydrogens is 305 g/mol. The Morgan fingerprint density at radius 2 is 2.23 bits per heavy atom. The van der Waals surface area contributed by atoms with Crippen LogP contribution in [0.5, 0.6) is 0 Å². The van der Waals surface area contributed by atoms with Gasteiger partial charge in [-0.2, -0.15) is 0 Å². The number of hydrogen-bond acceptors (Lipinski definition) is 4. The molecule has 0 aliphatic rings. The number of amides is 1. The zero-order valence-corrected chi connectivity index (χ0v) is 13.1. The molecule has 0 saturated carbocycles. The predicted molar refractivity (Wildman–Crippen MR) is 82.8 cm³/mol. The largest absolute Gasteiger partial charge is 0.390 e. The van der Waals surface area contributed by atoms with Crippen LogP contribution in [0.25, 0.3) is 0 Å². The zero-order valence-electron chi connectivity index (χ0n) is 12.3. The molecule has 5 nitrogen and oxygen atoms in total. The number of carbonyl (C=O) groups excluding carboxylic acids is 1. The highest BCUT2D eigenvalue weighted by molar-refractivity contribution is 7.98. The highest BCUT2D eigenvalue weighted by Crippen LogP contribution is 2.24. The van der Waals surface area contributed by atoms with Gasteiger partial charge >= 0.3 is 0 Å². The van der Waals surface area contributed by atoms with E-state index in [1.807, 2.05) is 6.92 Å². The Balaban J connectivity index is 2.12. The second kappa shape index (κ2) is 7.95. The number of likely N-dealkylation sites (N-methyl/N-ethyl adjacent to an activating group) is 1. The molecule has 0 atom stereocenters. The van der Waals surface area contributed by atoms with Gasteiger partial charge in [0.2, 0.25) is 5.91 Å². The van der Waals surface area contributed by atoms with Gasteiger partial charge in [-0.3, -0.25) is 4.79 Å². The number of hydrogen-bond donors (Lipinski definition) is 2. The third kappa shape index (κ3) is 4.08. The summed E-state index contributed by atoms with van der Waals surface area (Å²) in [6.45, 7) is 2.27. The van der Waals surface area contributed by atoms with Crippen LogP contribution in [-0.2, 0) is 23.7 Å². The molecule has 1 amide bonds. The second-order valence-corrected chi connectivity index (χ2v) is 5.55. The summed E-state index contributed by atoms with van der Waals surface area (Å²) in [6.07, 6.45) is 1.53. The van der Waals surface area contributed by atoms with Crippen molar-refractivity contribution >= 4 is 17.7 Å². The maximum Gasteiger partial charge on any atom is 0.240 e. The molecule has 0 bridgehead atoms. The van der Waals surface area contributed by atoms with Gasteiger partial charge in [-0.05, 0) is 18.6 Å². The zero-order chi connectivity index (χ0) is 15.9. The van der Waals surface area contributed by atoms with E-state index < -0.39 is 0 Å². The van der Waals surface area contributed by atoms with Crippen LogP contribution >= 0.6 is 11.8 Å². The summed E-state index contributed by atoms with van der Waals surface area (Å²) in [6, 6.07) is 6.55. The molecule has 0 saturated heterocycles. The van der Waals surface area contributed by atoms with E-state index in [2.05, 4.69) is 10.3 Å². The van der Waals surface area contributed by atoms with E-state index in [9.17, 15) is 14.3 Å². The summed E-state index contributed by atoms with van der Waals surface area (Å²) in [5.74, 6) is -0.00797. The van der Waals surface area contributed by atoms with Gasteiger partial charge in [0.15, 0.2) is 5.16 Å². The number of imidazole rings is 1. The smallest absolute Gasteiger partial charge is 0.240 e. The lowest BCUT2D eigenvalue weighted by atomic mass is 10.2. The van der Waals surface area contributed by atoms with Crippen LogP contribution < -0.4 is 5.32 Å². The number of rotatable bonds is 7. The van der Waals surface area contributed by atoms with E-state index >= 15 is 0 Å². The van der Waals surface area contributed by atoms with Crippen LogP contribution in [0.3, 0.4) is 0 Å². The van der Waals surface area contributed by atoms with E-state index in [1.165, 1.54) is 24.0 Å². The first-order chi connectivity index (χ1) is 10.7. The number of carbonyl (C=O) groups is 1. The molecule has 0 aliphatic carbocycles. The van der Waals surface area contributed by atoms with Gasteiger partial charge < -0.3 is 15.0 Å². The Morgan fingerprint density at radius 1 is 1.45 bits per heavy atom. The van der Waals surface area contributed by atoms with E-state index in [0.717, 1.165) is 0 Å². The molecule has 0 spiro atoms. The third-order valence-corrected chi connectivity index (χ3v) is 4.09. The minimum Gasteiger partial charge on any atom is -0.390 e. The number of benzene rings is 1. The van der Waals surface area contributed by atoms with E-state index in [4.69, 9.17) is 0 Å². The van der Waals surface area contributed by atoms with Gasteiger partial charge in [0.1, 0.15) is 12.4 Å². The normalized spacial score (nSPS) is 10.7. The fourth-order valence-electron chi connectivity index (χ4n) is 1.96. The minimum atomic E-state index is -0.265. The maximum absolute atomic E-state index is 13.6. The molecule has 0 unspecified atom stereocenters. The van der Waals surface area contributed by atoms with Crippen LogP contribution in [0, 0.1) is 5.82 Å². The number of aromatic nitrogens is 2. The van der Waals surface area contributed by atoms with Gasteiger partial charge in [-0.15, -0.1) is 0 Å². The van der Waals surface area contributed by atoms with Crippen LogP contribution in [0.2, 0.25) is 0 Å². The maximum atomic E-state index is 13.6. The van der Waals surface area contributed by atoms with E-state index in [-0.39, 0.29) is 24.9 Å². The number of aliphatic hydroxyl groups excluding tert-OH is 1. The van der Waals surface area contributed by atoms with Crippen LogP contribution in [0.15, 0.2) is 35.6 Å². The molecule has 2 rings (SSSR count). The molecule has 1 aromatic heterocycles. The number of aliphatic hydroxyl groups is 1. The van der Waals surface area contributed by atoms with E-state index in [1.54, 1.807) is 22.8 Å². The van der Waals surface area contributed by atoms with Crippen molar-refractivity contribution in [2.45, 2.75) is 31.0 Å². The SMILES string of the molecule is CCNC(=O)Cn1c(CO)cnc1SCc1ccccc1F. The highest BCUT2D eigenvalue weighted by Gasteiger charge is 2.14. The van der Waals surface area contributed by atoms with Gasteiger partial charge in [0, 0.05) is 12.3 Å². The first-order valence-electron chi connectivity index (χ1n) is 6.93. The first-order valence-corrected chi connectivity index (χ1v) is 7.92. The number of nitrogens with one attached hydrogen (secondary N) is 1. The molecule has 22 heavy (non-hydrogen) atoms. The Labute approximate surface area is 132 Å². The summed E-state index contributed by atoms with van der Waals surface area (Å²) < 4.78 is 15.3. The standard InChI is InChI=1S/C15H18FN3O2S/c1-2-17-14(21)8-19-12(9-20)7-18-15(19)22-10-11-5-3-4-6-13(11)16/h3-7,20H,2,8-10H2,1H3,(H,17,21). The number of halogens is 1. The highest BCUT2D eigenvalue weighted by atomic mass is 32.2. The molecule has 1 aromatic carbocycles. The molecule has 0 fully saturated rings. The minimum absolute atomic E-state index is 0.0866. The Bertz CT molecular complexity index is 645. The van der Waals surface area contributed by atoms with Crippen molar-refractivity contribution in [2.24, 2.45) is 0 Å². The van der Waals surface area contributed by atoms with Crippen LogP contribution in [0.4, 0.5) is 4.39 Å².